The number of amides is 1. The van der Waals surface area contributed by atoms with E-state index in [0.29, 0.717) is 19.0 Å². The van der Waals surface area contributed by atoms with Crippen molar-refractivity contribution in [2.24, 2.45) is 12.0 Å². The molecular weight excluding hydrogens is 517 g/mol. The highest BCUT2D eigenvalue weighted by atomic mass is 127. The van der Waals surface area contributed by atoms with E-state index in [4.69, 9.17) is 4.74 Å². The summed E-state index contributed by atoms with van der Waals surface area (Å²) >= 11 is 1.81. The van der Waals surface area contributed by atoms with Gasteiger partial charge in [-0.05, 0) is 60.0 Å². The highest BCUT2D eigenvalue weighted by Gasteiger charge is 2.24. The van der Waals surface area contributed by atoms with Gasteiger partial charge in [-0.3, -0.25) is 0 Å². The molecule has 0 aliphatic carbocycles. The van der Waals surface area contributed by atoms with Crippen LogP contribution < -0.4 is 16.0 Å². The maximum absolute atomic E-state index is 12.1. The molecule has 0 saturated carbocycles. The highest BCUT2D eigenvalue weighted by Crippen LogP contribution is 2.09. The van der Waals surface area contributed by atoms with Crippen molar-refractivity contribution in [3.8, 4) is 0 Å². The van der Waals surface area contributed by atoms with Gasteiger partial charge in [-0.2, -0.15) is 11.8 Å². The number of thioether (sulfide) groups is 1. The summed E-state index contributed by atoms with van der Waals surface area (Å²) in [6.07, 6.45) is 2.68. The highest BCUT2D eigenvalue weighted by molar-refractivity contribution is 14.0. The number of carbonyl (C=O) groups excluding carboxylic acids is 1. The molecule has 1 aromatic rings. The molecule has 1 rings (SSSR count). The van der Waals surface area contributed by atoms with Gasteiger partial charge in [0.15, 0.2) is 11.8 Å². The van der Waals surface area contributed by atoms with Crippen LogP contribution in [0.25, 0.3) is 0 Å². The molecule has 0 unspecified atom stereocenters. The summed E-state index contributed by atoms with van der Waals surface area (Å²) in [4.78, 5) is 16.7. The third-order valence-electron chi connectivity index (χ3n) is 3.92. The van der Waals surface area contributed by atoms with E-state index in [1.807, 2.05) is 64.9 Å². The minimum Gasteiger partial charge on any atom is -0.444 e. The Kier molecular flexibility index (Phi) is 12.7. The Bertz CT molecular complexity index is 687. The molecular formula is C19H38IN7O2S. The standard InChI is InChI=1S/C19H37N7O2S.HI/c1-14-24-25-15(26(14)7)12-21-16(20-10-9-11-29-8)22-13-19(5,6)23-17(27)28-18(2,3)4;/h9-13H2,1-8H3,(H,23,27)(H2,20,21,22);1H. The summed E-state index contributed by atoms with van der Waals surface area (Å²) in [6, 6.07) is 0. The molecule has 1 amide bonds. The summed E-state index contributed by atoms with van der Waals surface area (Å²) in [5.41, 5.74) is -1.06. The molecule has 1 aromatic heterocycles. The van der Waals surface area contributed by atoms with Crippen molar-refractivity contribution in [3.63, 3.8) is 0 Å². The number of alkyl carbamates (subject to hydrolysis) is 1. The van der Waals surface area contributed by atoms with Crippen LogP contribution in [0.2, 0.25) is 0 Å². The summed E-state index contributed by atoms with van der Waals surface area (Å²) in [7, 11) is 1.92. The normalized spacial score (nSPS) is 12.2. The molecule has 0 aromatic carbocycles. The molecule has 0 aliphatic heterocycles. The fourth-order valence-corrected chi connectivity index (χ4v) is 2.70. The van der Waals surface area contributed by atoms with Crippen LogP contribution in [0.15, 0.2) is 4.99 Å². The Morgan fingerprint density at radius 1 is 1.20 bits per heavy atom. The second-order valence-electron chi connectivity index (χ2n) is 8.52. The van der Waals surface area contributed by atoms with Crippen LogP contribution in [-0.4, -0.2) is 63.1 Å². The number of halogens is 1. The van der Waals surface area contributed by atoms with E-state index in [-0.39, 0.29) is 24.0 Å². The molecule has 0 spiro atoms. The zero-order valence-electron chi connectivity index (χ0n) is 19.5. The topological polar surface area (TPSA) is 105 Å². The number of aliphatic imine (C=N–C) groups is 1. The molecule has 174 valence electrons. The van der Waals surface area contributed by atoms with Gasteiger partial charge in [0.05, 0.1) is 5.54 Å². The molecule has 0 atom stereocenters. The van der Waals surface area contributed by atoms with Gasteiger partial charge in [-0.15, -0.1) is 34.2 Å². The first-order valence-corrected chi connectivity index (χ1v) is 11.2. The first kappa shape index (κ1) is 28.8. The van der Waals surface area contributed by atoms with Crippen LogP contribution in [0.3, 0.4) is 0 Å². The molecule has 1 heterocycles. The van der Waals surface area contributed by atoms with Crippen molar-refractivity contribution in [1.29, 1.82) is 0 Å². The van der Waals surface area contributed by atoms with Gasteiger partial charge < -0.3 is 25.3 Å². The smallest absolute Gasteiger partial charge is 0.408 e. The molecule has 0 aliphatic rings. The first-order valence-electron chi connectivity index (χ1n) is 9.80. The molecule has 0 radical (unpaired) electrons. The summed E-state index contributed by atoms with van der Waals surface area (Å²) < 4.78 is 7.27. The average molecular weight is 556 g/mol. The van der Waals surface area contributed by atoms with Crippen molar-refractivity contribution in [2.45, 2.75) is 65.6 Å². The number of aromatic nitrogens is 3. The van der Waals surface area contributed by atoms with Gasteiger partial charge >= 0.3 is 6.09 Å². The third-order valence-corrected chi connectivity index (χ3v) is 4.61. The van der Waals surface area contributed by atoms with Gasteiger partial charge in [-0.25, -0.2) is 9.79 Å². The number of carbonyl (C=O) groups is 1. The summed E-state index contributed by atoms with van der Waals surface area (Å²) in [6.45, 7) is 13.0. The number of nitrogens with zero attached hydrogens (tertiary/aromatic N) is 4. The third kappa shape index (κ3) is 11.8. The maximum atomic E-state index is 12.1. The number of ether oxygens (including phenoxy) is 1. The predicted molar refractivity (Wildman–Crippen MR) is 135 cm³/mol. The van der Waals surface area contributed by atoms with Crippen LogP contribution in [0.1, 0.15) is 52.7 Å². The van der Waals surface area contributed by atoms with Gasteiger partial charge in [0.2, 0.25) is 0 Å². The molecule has 11 heteroatoms. The maximum Gasteiger partial charge on any atom is 0.408 e. The van der Waals surface area contributed by atoms with Crippen molar-refractivity contribution in [1.82, 2.24) is 30.7 Å². The van der Waals surface area contributed by atoms with Gasteiger partial charge in [0.25, 0.3) is 0 Å². The lowest BCUT2D eigenvalue weighted by atomic mass is 10.1. The molecule has 0 saturated heterocycles. The number of nitrogens with one attached hydrogen (secondary N) is 3. The summed E-state index contributed by atoms with van der Waals surface area (Å²) in [5, 5.41) is 17.8. The van der Waals surface area contributed by atoms with Crippen LogP contribution in [0, 0.1) is 6.92 Å². The van der Waals surface area contributed by atoms with E-state index >= 15 is 0 Å². The lowest BCUT2D eigenvalue weighted by molar-refractivity contribution is 0.0474. The van der Waals surface area contributed by atoms with Crippen molar-refractivity contribution in [3.05, 3.63) is 11.6 Å². The molecule has 0 fully saturated rings. The number of guanidine groups is 1. The lowest BCUT2D eigenvalue weighted by Gasteiger charge is -2.29. The van der Waals surface area contributed by atoms with E-state index < -0.39 is 17.2 Å². The molecule has 3 N–H and O–H groups in total. The average Bonchev–Trinajstić information content (AvgIpc) is 2.90. The van der Waals surface area contributed by atoms with Gasteiger partial charge in [0, 0.05) is 20.1 Å². The van der Waals surface area contributed by atoms with Crippen molar-refractivity contribution in [2.75, 3.05) is 25.1 Å². The molecule has 9 nitrogen and oxygen atoms in total. The summed E-state index contributed by atoms with van der Waals surface area (Å²) in [5.74, 6) is 3.39. The molecule has 0 bridgehead atoms. The van der Waals surface area contributed by atoms with E-state index in [2.05, 4.69) is 37.4 Å². The monoisotopic (exact) mass is 555 g/mol. The minimum atomic E-state index is -0.534. The van der Waals surface area contributed by atoms with Crippen LogP contribution in [0.5, 0.6) is 0 Å². The van der Waals surface area contributed by atoms with E-state index in [0.717, 1.165) is 30.4 Å². The zero-order valence-corrected chi connectivity index (χ0v) is 22.6. The van der Waals surface area contributed by atoms with Crippen LogP contribution in [0.4, 0.5) is 4.79 Å². The fourth-order valence-electron chi connectivity index (χ4n) is 2.26. The van der Waals surface area contributed by atoms with Gasteiger partial charge in [-0.1, -0.05) is 0 Å². The minimum absolute atomic E-state index is 0. The number of hydrogen-bond acceptors (Lipinski definition) is 6. The SMILES string of the molecule is CSCCCNC(=NCc1nnc(C)n1C)NCC(C)(C)NC(=O)OC(C)(C)C.I. The second-order valence-corrected chi connectivity index (χ2v) is 9.51. The Morgan fingerprint density at radius 3 is 2.40 bits per heavy atom. The predicted octanol–water partition coefficient (Wildman–Crippen LogP) is 2.83. The lowest BCUT2D eigenvalue weighted by Crippen LogP contribution is -2.54. The molecule has 30 heavy (non-hydrogen) atoms. The van der Waals surface area contributed by atoms with Crippen molar-refractivity contribution >= 4 is 47.8 Å². The van der Waals surface area contributed by atoms with E-state index in [9.17, 15) is 4.79 Å². The van der Waals surface area contributed by atoms with Crippen LogP contribution >= 0.6 is 35.7 Å². The van der Waals surface area contributed by atoms with E-state index in [1.165, 1.54) is 0 Å². The van der Waals surface area contributed by atoms with E-state index in [1.54, 1.807) is 0 Å². The second kappa shape index (κ2) is 13.2. The quantitative estimate of drug-likeness (QED) is 0.186. The zero-order chi connectivity index (χ0) is 22.1. The Balaban J connectivity index is 0.00000841. The van der Waals surface area contributed by atoms with Crippen molar-refractivity contribution < 1.29 is 9.53 Å². The Labute approximate surface area is 202 Å². The Morgan fingerprint density at radius 2 is 1.87 bits per heavy atom. The number of hydrogen-bond donors (Lipinski definition) is 3. The fraction of sp³-hybridized carbons (Fsp3) is 0.789. The van der Waals surface area contributed by atoms with Gasteiger partial charge in [0.1, 0.15) is 18.0 Å². The number of rotatable bonds is 9. The Hall–Kier alpha value is -1.24. The largest absolute Gasteiger partial charge is 0.444 e. The van der Waals surface area contributed by atoms with Crippen LogP contribution in [-0.2, 0) is 18.3 Å². The first-order chi connectivity index (χ1) is 13.4. The number of aryl methyl sites for hydroxylation is 1.